The van der Waals surface area contributed by atoms with Crippen LogP contribution in [0.1, 0.15) is 0 Å². The van der Waals surface area contributed by atoms with Gasteiger partial charge in [-0.25, -0.2) is 9.59 Å². The van der Waals surface area contributed by atoms with Crippen molar-refractivity contribution in [2.24, 2.45) is 0 Å². The van der Waals surface area contributed by atoms with E-state index in [1.165, 1.54) is 14.2 Å². The van der Waals surface area contributed by atoms with E-state index < -0.39 is 11.9 Å². The van der Waals surface area contributed by atoms with Gasteiger partial charge in [0.05, 0.1) is 31.0 Å². The average molecular weight is 501 g/mol. The third kappa shape index (κ3) is 9.18. The Morgan fingerprint density at radius 1 is 0.667 bits per heavy atom. The van der Waals surface area contributed by atoms with Crippen LogP contribution in [0.4, 0.5) is 0 Å². The first-order valence-electron chi connectivity index (χ1n) is 11.1. The monoisotopic (exact) mass is 500 g/mol. The van der Waals surface area contributed by atoms with Gasteiger partial charge in [0.2, 0.25) is 0 Å². The molecule has 0 aliphatic heterocycles. The number of methoxy groups -OCH3 is 3. The maximum atomic E-state index is 12.5. The Hall–Kier alpha value is -3.66. The molecule has 36 heavy (non-hydrogen) atoms. The minimum absolute atomic E-state index is 0.0283. The summed E-state index contributed by atoms with van der Waals surface area (Å²) in [6.07, 6.45) is 0. The summed E-state index contributed by atoms with van der Waals surface area (Å²) in [7, 11) is 4.53. The number of hydrogen-bond acceptors (Lipinski definition) is 9. The predicted molar refractivity (Wildman–Crippen MR) is 133 cm³/mol. The van der Waals surface area contributed by atoms with Crippen LogP contribution >= 0.6 is 0 Å². The molecule has 2 aromatic rings. The lowest BCUT2D eigenvalue weighted by Gasteiger charge is -2.14. The van der Waals surface area contributed by atoms with Gasteiger partial charge in [0.15, 0.2) is 11.5 Å². The van der Waals surface area contributed by atoms with Crippen molar-refractivity contribution < 1.29 is 42.7 Å². The van der Waals surface area contributed by atoms with Gasteiger partial charge in [-0.1, -0.05) is 31.4 Å². The second-order valence-corrected chi connectivity index (χ2v) is 7.47. The fourth-order valence-electron chi connectivity index (χ4n) is 2.90. The summed E-state index contributed by atoms with van der Waals surface area (Å²) >= 11 is 0. The summed E-state index contributed by atoms with van der Waals surface area (Å²) in [5.41, 5.74) is 2.01. The number of ether oxygens (including phenoxy) is 7. The molecule has 9 heteroatoms. The number of benzene rings is 2. The van der Waals surface area contributed by atoms with Crippen molar-refractivity contribution in [3.05, 3.63) is 66.8 Å². The van der Waals surface area contributed by atoms with E-state index in [9.17, 15) is 9.59 Å². The molecule has 0 atom stereocenters. The summed E-state index contributed by atoms with van der Waals surface area (Å²) in [6, 6.07) is 12.6. The zero-order valence-corrected chi connectivity index (χ0v) is 20.9. The molecule has 0 bridgehead atoms. The molecule has 194 valence electrons. The number of rotatable bonds is 16. The van der Waals surface area contributed by atoms with Gasteiger partial charge in [-0.15, -0.1) is 0 Å². The Labute approximate surface area is 211 Å². The Balaban J connectivity index is 2.14. The Kier molecular flexibility index (Phi) is 12.2. The van der Waals surface area contributed by atoms with Gasteiger partial charge in [0.1, 0.15) is 25.6 Å². The molecule has 0 aliphatic rings. The summed E-state index contributed by atoms with van der Waals surface area (Å²) in [4.78, 5) is 24.3. The highest BCUT2D eigenvalue weighted by molar-refractivity contribution is 5.90. The van der Waals surface area contributed by atoms with E-state index in [1.54, 1.807) is 19.2 Å². The van der Waals surface area contributed by atoms with Crippen LogP contribution in [0.2, 0.25) is 0 Å². The molecule has 0 aliphatic carbocycles. The van der Waals surface area contributed by atoms with Crippen molar-refractivity contribution >= 4 is 11.9 Å². The fourth-order valence-corrected chi connectivity index (χ4v) is 2.90. The van der Waals surface area contributed by atoms with Crippen LogP contribution in [-0.2, 0) is 28.5 Å². The molecule has 2 aromatic carbocycles. The third-order valence-corrected chi connectivity index (χ3v) is 4.68. The van der Waals surface area contributed by atoms with Crippen LogP contribution in [0.5, 0.6) is 17.2 Å². The van der Waals surface area contributed by atoms with Crippen LogP contribution in [0.25, 0.3) is 11.1 Å². The zero-order chi connectivity index (χ0) is 26.3. The van der Waals surface area contributed by atoms with Crippen LogP contribution in [0, 0.1) is 0 Å². The van der Waals surface area contributed by atoms with Crippen LogP contribution in [0.3, 0.4) is 0 Å². The van der Waals surface area contributed by atoms with E-state index in [0.29, 0.717) is 24.7 Å². The van der Waals surface area contributed by atoms with E-state index in [0.717, 1.165) is 11.1 Å². The first kappa shape index (κ1) is 28.6. The highest BCUT2D eigenvalue weighted by Gasteiger charge is 2.16. The van der Waals surface area contributed by atoms with Crippen molar-refractivity contribution in [2.75, 3.05) is 61.0 Å². The molecule has 0 radical (unpaired) electrons. The molecule has 0 unspecified atom stereocenters. The maximum Gasteiger partial charge on any atom is 0.341 e. The summed E-state index contributed by atoms with van der Waals surface area (Å²) in [5.74, 6) is -0.0362. The van der Waals surface area contributed by atoms with Gasteiger partial charge < -0.3 is 33.2 Å². The molecule has 0 fully saturated rings. The third-order valence-electron chi connectivity index (χ3n) is 4.68. The van der Waals surface area contributed by atoms with Crippen molar-refractivity contribution in [1.82, 2.24) is 0 Å². The molecule has 2 rings (SSSR count). The van der Waals surface area contributed by atoms with E-state index >= 15 is 0 Å². The lowest BCUT2D eigenvalue weighted by atomic mass is 10.0. The van der Waals surface area contributed by atoms with E-state index in [2.05, 4.69) is 13.2 Å². The summed E-state index contributed by atoms with van der Waals surface area (Å²) < 4.78 is 36.8. The highest BCUT2D eigenvalue weighted by atomic mass is 16.6. The molecule has 0 spiro atoms. The van der Waals surface area contributed by atoms with Gasteiger partial charge >= 0.3 is 11.9 Å². The van der Waals surface area contributed by atoms with Gasteiger partial charge in [-0.2, -0.15) is 0 Å². The zero-order valence-electron chi connectivity index (χ0n) is 20.9. The van der Waals surface area contributed by atoms with Crippen LogP contribution in [0.15, 0.2) is 66.8 Å². The minimum atomic E-state index is -0.650. The number of esters is 2. The summed E-state index contributed by atoms with van der Waals surface area (Å²) in [5, 5.41) is 0. The Morgan fingerprint density at radius 2 is 1.28 bits per heavy atom. The van der Waals surface area contributed by atoms with Gasteiger partial charge in [0, 0.05) is 21.3 Å². The predicted octanol–water partition coefficient (Wildman–Crippen LogP) is 3.61. The first-order valence-corrected chi connectivity index (χ1v) is 11.1. The molecule has 0 saturated heterocycles. The number of carbonyl (C=O) groups excluding carboxylic acids is 2. The van der Waals surface area contributed by atoms with Crippen molar-refractivity contribution in [3.8, 4) is 28.4 Å². The van der Waals surface area contributed by atoms with E-state index in [4.69, 9.17) is 33.2 Å². The molecule has 0 N–H and O–H groups in total. The van der Waals surface area contributed by atoms with E-state index in [1.807, 2.05) is 30.3 Å². The molecular formula is C27H32O9. The van der Waals surface area contributed by atoms with Crippen molar-refractivity contribution in [1.29, 1.82) is 0 Å². The van der Waals surface area contributed by atoms with Crippen LogP contribution in [-0.4, -0.2) is 72.9 Å². The lowest BCUT2D eigenvalue weighted by Crippen LogP contribution is -2.17. The number of hydrogen-bond donors (Lipinski definition) is 0. The largest absolute Gasteiger partial charge is 0.491 e. The van der Waals surface area contributed by atoms with Gasteiger partial charge in [-0.3, -0.25) is 0 Å². The molecular weight excluding hydrogens is 468 g/mol. The van der Waals surface area contributed by atoms with Crippen LogP contribution < -0.4 is 14.2 Å². The second kappa shape index (κ2) is 15.4. The Bertz CT molecular complexity index is 1030. The highest BCUT2D eigenvalue weighted by Crippen LogP contribution is 2.34. The molecule has 0 aromatic heterocycles. The standard InChI is InChI=1S/C27H32O9/c1-19(17-31-4)26(28)35-15-14-34-24-11-8-22(16-25(24)36-27(29)20(2)18-32-5)21-6-9-23(10-7-21)33-13-12-30-3/h6-11,16H,1-2,12-15,17-18H2,3-5H3. The topological polar surface area (TPSA) is 98.8 Å². The normalized spacial score (nSPS) is 10.4. The van der Waals surface area contributed by atoms with Gasteiger partial charge in [0.25, 0.3) is 0 Å². The molecule has 0 saturated carbocycles. The summed E-state index contributed by atoms with van der Waals surface area (Å²) in [6.45, 7) is 8.32. The SMILES string of the molecule is C=C(COC)C(=O)OCCOc1ccc(-c2ccc(OCCOC)cc2)cc1OC(=O)C(=C)COC. The van der Waals surface area contributed by atoms with E-state index in [-0.39, 0.29) is 43.3 Å². The quantitative estimate of drug-likeness (QED) is 0.148. The number of carbonyl (C=O) groups is 2. The van der Waals surface area contributed by atoms with Gasteiger partial charge in [-0.05, 0) is 35.4 Å². The van der Waals surface area contributed by atoms with Crippen molar-refractivity contribution in [3.63, 3.8) is 0 Å². The second-order valence-electron chi connectivity index (χ2n) is 7.47. The minimum Gasteiger partial charge on any atom is -0.491 e. The Morgan fingerprint density at radius 3 is 1.92 bits per heavy atom. The molecule has 0 heterocycles. The molecule has 0 amide bonds. The fraction of sp³-hybridized carbons (Fsp3) is 0.333. The smallest absolute Gasteiger partial charge is 0.341 e. The maximum absolute atomic E-state index is 12.5. The first-order chi connectivity index (χ1) is 17.4. The lowest BCUT2D eigenvalue weighted by molar-refractivity contribution is -0.140. The molecule has 9 nitrogen and oxygen atoms in total. The average Bonchev–Trinajstić information content (AvgIpc) is 2.88. The van der Waals surface area contributed by atoms with Crippen molar-refractivity contribution in [2.45, 2.75) is 0 Å².